The molecule has 1 aliphatic carbocycles. The fraction of sp³-hybridized carbons (Fsp3) is 0.375. The molecule has 5 aliphatic heterocycles. The summed E-state index contributed by atoms with van der Waals surface area (Å²) in [7, 11) is 0. The highest BCUT2D eigenvalue weighted by Crippen LogP contribution is 2.34. The summed E-state index contributed by atoms with van der Waals surface area (Å²) in [4.78, 5) is 117. The van der Waals surface area contributed by atoms with Gasteiger partial charge in [-0.15, -0.1) is 0 Å². The fourth-order valence-electron chi connectivity index (χ4n) is 19.4. The average molecular weight is 1830 g/mol. The van der Waals surface area contributed by atoms with Crippen LogP contribution in [0.2, 0.25) is 10.0 Å². The molecule has 5 saturated heterocycles. The topological polar surface area (TPSA) is 225 Å². The van der Waals surface area contributed by atoms with E-state index in [9.17, 15) is 38.4 Å². The van der Waals surface area contributed by atoms with Gasteiger partial charge in [0, 0.05) is 162 Å². The molecule has 0 spiro atoms. The van der Waals surface area contributed by atoms with Gasteiger partial charge in [-0.1, -0.05) is 292 Å². The lowest BCUT2D eigenvalue weighted by atomic mass is 9.84. The second kappa shape index (κ2) is 50.9. The first-order chi connectivity index (χ1) is 65.1. The van der Waals surface area contributed by atoms with E-state index in [4.69, 9.17) is 23.2 Å². The third kappa shape index (κ3) is 29.6. The number of carbonyl (C=O) groups excluding carboxylic acids is 8. The van der Waals surface area contributed by atoms with Crippen molar-refractivity contribution in [2.24, 2.45) is 5.92 Å². The van der Waals surface area contributed by atoms with E-state index in [1.807, 2.05) is 183 Å². The quantitative estimate of drug-likeness (QED) is 0.0224. The van der Waals surface area contributed by atoms with E-state index in [0.29, 0.717) is 119 Å². The van der Waals surface area contributed by atoms with Crippen molar-refractivity contribution in [3.63, 3.8) is 0 Å². The number of amides is 8. The zero-order valence-corrected chi connectivity index (χ0v) is 78.0. The Balaban J connectivity index is 0.000000160. The van der Waals surface area contributed by atoms with Crippen LogP contribution in [0.4, 0.5) is 0 Å². The summed E-state index contributed by atoms with van der Waals surface area (Å²) in [6.45, 7) is 7.94. The summed E-state index contributed by atoms with van der Waals surface area (Å²) in [6, 6.07) is 89.2. The Morgan fingerprint density at radius 2 is 0.669 bits per heavy atom. The van der Waals surface area contributed by atoms with Gasteiger partial charge in [0.1, 0.15) is 0 Å². The number of carbonyl (C=O) groups is 8. The molecule has 6 fully saturated rings. The number of halogens is 2. The van der Waals surface area contributed by atoms with E-state index in [2.05, 4.69) is 134 Å². The van der Waals surface area contributed by atoms with Gasteiger partial charge < -0.3 is 56.4 Å². The maximum atomic E-state index is 14.2. The summed E-state index contributed by atoms with van der Waals surface area (Å²) in [5.41, 5.74) is 9.48. The van der Waals surface area contributed by atoms with E-state index in [1.54, 1.807) is 30.4 Å². The Morgan fingerprint density at radius 3 is 1.04 bits per heavy atom. The zero-order valence-electron chi connectivity index (χ0n) is 76.4. The molecule has 5 heterocycles. The van der Waals surface area contributed by atoms with Crippen molar-refractivity contribution in [2.75, 3.05) is 85.1 Å². The average Bonchev–Trinajstić information content (AvgIpc) is 1.75. The summed E-state index contributed by atoms with van der Waals surface area (Å²) in [5, 5.41) is 23.4. The minimum atomic E-state index is -0.514. The number of piperidine rings is 2. The standard InChI is InChI=1S/C39H44N4O3.C37H43ClN4O3.C36H42ClN3O2/c44-37(42-23-10-3-11-24-42)21-20-36-39(46)43(28-35(30-13-4-1-5-14-30)31-15-6-2-7-16-31)25-22-34(41-36)27-40-38(45)33-19-18-29-12-8-9-17-32(29)26-33;38-31-17-14-28(15-18-31)16-20-35(43)39-26-32-22-25-42(27-33(29-10-4-1-5-11-29)30-12-6-2-7-13-30)37(45)34(40-32)19-21-36(44)41-23-8-3-9-24-41;37-31-19-16-27(17-20-31)18-21-35(41)38-25-32-22-23-40(36(42)34(39-32)24-28-10-4-1-5-11-28)26-33(29-12-6-2-7-13-29)30-14-8-3-9-15-30/h1-2,4-9,12-19,26,34-36,41H,3,10-11,20-25,27-28H2,(H,40,45);1-2,4-7,10-18,20,32-34,40H,3,8-9,19,21-27H2,(H,39,43);2-3,6-9,12-21,28,32-34,39H,1,4-5,10-11,22-26H2,(H,38,41)/b;20-16+;21-18+/t34-,36-;2*32-,34-/m000/s1. The maximum Gasteiger partial charge on any atom is 0.251 e. The number of likely N-dealkylation sites (tertiary alicyclic amines) is 2. The minimum Gasteiger partial charge on any atom is -0.351 e. The van der Waals surface area contributed by atoms with Crippen molar-refractivity contribution in [2.45, 2.75) is 176 Å². The monoisotopic (exact) mass is 1830 g/mol. The normalized spacial score (nSPS) is 19.3. The Labute approximate surface area is 795 Å². The lowest BCUT2D eigenvalue weighted by Gasteiger charge is -2.31. The van der Waals surface area contributed by atoms with Gasteiger partial charge in [-0.2, -0.15) is 0 Å². The first-order valence-corrected chi connectivity index (χ1v) is 49.0. The van der Waals surface area contributed by atoms with Gasteiger partial charge in [0.2, 0.25) is 41.4 Å². The van der Waals surface area contributed by atoms with Gasteiger partial charge in [0.15, 0.2) is 0 Å². The lowest BCUT2D eigenvalue weighted by Crippen LogP contribution is -2.50. The number of nitrogens with zero attached hydrogens (tertiary/aromatic N) is 5. The lowest BCUT2D eigenvalue weighted by molar-refractivity contribution is -0.136. The molecule has 6 N–H and O–H groups in total. The summed E-state index contributed by atoms with van der Waals surface area (Å²) >= 11 is 11.9. The Hall–Kier alpha value is -11.8. The largest absolute Gasteiger partial charge is 0.351 e. The molecule has 10 aromatic carbocycles. The van der Waals surface area contributed by atoms with Gasteiger partial charge in [-0.05, 0) is 187 Å². The molecule has 0 bridgehead atoms. The molecule has 10 aromatic rings. The van der Waals surface area contributed by atoms with Crippen LogP contribution in [0.15, 0.2) is 285 Å². The number of hydrogen-bond donors (Lipinski definition) is 6. The van der Waals surface area contributed by atoms with E-state index < -0.39 is 12.1 Å². The van der Waals surface area contributed by atoms with Crippen LogP contribution in [0.3, 0.4) is 0 Å². The molecule has 19 nitrogen and oxygen atoms in total. The van der Waals surface area contributed by atoms with Gasteiger partial charge >= 0.3 is 0 Å². The van der Waals surface area contributed by atoms with E-state index in [0.717, 1.165) is 122 Å². The maximum absolute atomic E-state index is 14.2. The Bertz CT molecular complexity index is 5300. The van der Waals surface area contributed by atoms with Crippen molar-refractivity contribution in [1.82, 2.24) is 56.4 Å². The molecule has 0 radical (unpaired) electrons. The van der Waals surface area contributed by atoms with Gasteiger partial charge in [0.25, 0.3) is 5.91 Å². The second-order valence-electron chi connectivity index (χ2n) is 36.3. The van der Waals surface area contributed by atoms with E-state index in [1.165, 1.54) is 49.3 Å². The summed E-state index contributed by atoms with van der Waals surface area (Å²) in [5.74, 6) is 0.673. The number of nitrogens with one attached hydrogen (secondary N) is 6. The highest BCUT2D eigenvalue weighted by Gasteiger charge is 2.39. The van der Waals surface area contributed by atoms with Crippen LogP contribution in [0.1, 0.15) is 195 Å². The van der Waals surface area contributed by atoms with E-state index >= 15 is 0 Å². The van der Waals surface area contributed by atoms with Crippen molar-refractivity contribution >= 4 is 93.4 Å². The zero-order chi connectivity index (χ0) is 92.3. The van der Waals surface area contributed by atoms with Crippen LogP contribution in [0.25, 0.3) is 22.9 Å². The fourth-order valence-corrected chi connectivity index (χ4v) is 19.7. The highest BCUT2D eigenvalue weighted by atomic mass is 35.5. The molecule has 6 atom stereocenters. The highest BCUT2D eigenvalue weighted by molar-refractivity contribution is 6.31. The first kappa shape index (κ1) is 97.2. The Morgan fingerprint density at radius 1 is 0.346 bits per heavy atom. The van der Waals surface area contributed by atoms with Crippen molar-refractivity contribution in [3.8, 4) is 0 Å². The second-order valence-corrected chi connectivity index (χ2v) is 37.2. The molecule has 6 aliphatic rings. The van der Waals surface area contributed by atoms with Gasteiger partial charge in [0.05, 0.1) is 18.1 Å². The molecule has 694 valence electrons. The van der Waals surface area contributed by atoms with E-state index in [-0.39, 0.29) is 89.2 Å². The number of benzene rings is 10. The van der Waals surface area contributed by atoms with Crippen molar-refractivity contribution in [1.29, 1.82) is 0 Å². The molecule has 21 heteroatoms. The third-order valence-electron chi connectivity index (χ3n) is 27.0. The summed E-state index contributed by atoms with van der Waals surface area (Å²) in [6.07, 6.45) is 23.8. The van der Waals surface area contributed by atoms with Crippen molar-refractivity contribution in [3.05, 3.63) is 345 Å². The molecule has 0 unspecified atom stereocenters. The molecule has 133 heavy (non-hydrogen) atoms. The molecule has 1 saturated carbocycles. The molecule has 8 amide bonds. The first-order valence-electron chi connectivity index (χ1n) is 48.3. The molecular weight excluding hydrogens is 1700 g/mol. The van der Waals surface area contributed by atoms with Crippen LogP contribution < -0.4 is 31.9 Å². The molecule has 0 aromatic heterocycles. The predicted molar refractivity (Wildman–Crippen MR) is 534 cm³/mol. The SMILES string of the molecule is O=C(/C=C/c1ccc(Cl)cc1)NC[C@@H]1CCN(CC(c2ccccc2)c2ccccc2)C(=O)[C@H](CC2CCCCC2)N1.O=C(/C=C/c1ccc(Cl)cc1)NC[C@@H]1CCN(CC(c2ccccc2)c2ccccc2)C(=O)[C@H](CCC(=O)N2CCCCC2)N1.O=C(NC[C@@H]1CCN(CC(c2ccccc2)c2ccccc2)C(=O)[C@H](CCC(=O)N2CCCCC2)N1)c1ccc2ccccc2c1. The van der Waals surface area contributed by atoms with Crippen molar-refractivity contribution < 1.29 is 38.4 Å². The Kier molecular flexibility index (Phi) is 37.2. The smallest absolute Gasteiger partial charge is 0.251 e. The van der Waals surface area contributed by atoms with Crippen LogP contribution in [0, 0.1) is 5.92 Å². The van der Waals surface area contributed by atoms with Crippen LogP contribution in [-0.2, 0) is 33.6 Å². The minimum absolute atomic E-state index is 0.00904. The number of fused-ring (bicyclic) bond motifs is 1. The number of rotatable bonds is 31. The molecular formula is C112H129Cl2N11O8. The summed E-state index contributed by atoms with van der Waals surface area (Å²) < 4.78 is 0. The van der Waals surface area contributed by atoms with Gasteiger partial charge in [-0.25, -0.2) is 0 Å². The van der Waals surface area contributed by atoms with Gasteiger partial charge in [-0.3, -0.25) is 38.4 Å². The number of hydrogen-bond acceptors (Lipinski definition) is 11. The van der Waals surface area contributed by atoms with Crippen LogP contribution in [-0.4, -0.2) is 193 Å². The third-order valence-corrected chi connectivity index (χ3v) is 27.5. The van der Waals surface area contributed by atoms with Crippen LogP contribution in [0.5, 0.6) is 0 Å². The molecule has 16 rings (SSSR count). The predicted octanol–water partition coefficient (Wildman–Crippen LogP) is 18.2. The van der Waals surface area contributed by atoms with Crippen LogP contribution >= 0.6 is 23.2 Å².